The minimum Gasteiger partial charge on any atom is -0.368 e. The second-order valence-corrected chi connectivity index (χ2v) is 10.7. The first-order chi connectivity index (χ1) is 18.5. The summed E-state index contributed by atoms with van der Waals surface area (Å²) in [5.41, 5.74) is 6.23. The standard InChI is InChI=1S/C28H29ClF3N3O3S/c1-2-34-27(37)21-12-10-19(11-13-21)18-35(39(38)23-16-14-22(29)15-17-23)25(26(33)36)9-5-7-20-6-3-4-8-24(20)28(30,31)32/h3-4,6,8,10-17,25H,2,5,7,9,18H2,1H3,(H2,33,36)(H,34,37). The van der Waals surface area contributed by atoms with Crippen LogP contribution in [0, 0.1) is 0 Å². The number of rotatable bonds is 12. The highest BCUT2D eigenvalue weighted by molar-refractivity contribution is 7.82. The number of nitrogens with one attached hydrogen (secondary N) is 1. The first kappa shape index (κ1) is 30.3. The molecule has 11 heteroatoms. The topological polar surface area (TPSA) is 92.5 Å². The quantitative estimate of drug-likeness (QED) is 0.296. The smallest absolute Gasteiger partial charge is 0.368 e. The van der Waals surface area contributed by atoms with E-state index in [-0.39, 0.29) is 37.3 Å². The van der Waals surface area contributed by atoms with Crippen LogP contribution in [0.5, 0.6) is 0 Å². The van der Waals surface area contributed by atoms with Gasteiger partial charge in [-0.2, -0.15) is 13.2 Å². The van der Waals surface area contributed by atoms with Gasteiger partial charge in [-0.3, -0.25) is 9.59 Å². The summed E-state index contributed by atoms with van der Waals surface area (Å²) in [5, 5.41) is 3.15. The fraction of sp³-hybridized carbons (Fsp3) is 0.286. The summed E-state index contributed by atoms with van der Waals surface area (Å²) in [6.07, 6.45) is -4.16. The van der Waals surface area contributed by atoms with Crippen LogP contribution >= 0.6 is 11.6 Å². The number of hydrogen-bond acceptors (Lipinski definition) is 3. The van der Waals surface area contributed by atoms with Crippen LogP contribution in [-0.4, -0.2) is 32.9 Å². The largest absolute Gasteiger partial charge is 0.416 e. The number of benzene rings is 3. The molecule has 3 aromatic rings. The number of aryl methyl sites for hydroxylation is 1. The average molecular weight is 580 g/mol. The van der Waals surface area contributed by atoms with Gasteiger partial charge in [-0.25, -0.2) is 8.51 Å². The molecule has 3 aromatic carbocycles. The third kappa shape index (κ3) is 8.39. The molecule has 0 aliphatic rings. The van der Waals surface area contributed by atoms with Gasteiger partial charge in [0, 0.05) is 23.7 Å². The Morgan fingerprint density at radius 3 is 2.26 bits per heavy atom. The highest BCUT2D eigenvalue weighted by Crippen LogP contribution is 2.33. The number of hydrogen-bond donors (Lipinski definition) is 2. The molecule has 2 amide bonds. The Morgan fingerprint density at radius 1 is 1.03 bits per heavy atom. The summed E-state index contributed by atoms with van der Waals surface area (Å²) < 4.78 is 55.3. The lowest BCUT2D eigenvalue weighted by molar-refractivity contribution is -0.138. The molecule has 39 heavy (non-hydrogen) atoms. The zero-order valence-corrected chi connectivity index (χ0v) is 22.8. The van der Waals surface area contributed by atoms with Crippen LogP contribution in [0.2, 0.25) is 5.02 Å². The van der Waals surface area contributed by atoms with Crippen molar-refractivity contribution in [1.82, 2.24) is 9.62 Å². The molecular formula is C28H29ClF3N3O3S. The van der Waals surface area contributed by atoms with E-state index in [1.165, 1.54) is 22.5 Å². The molecule has 0 fully saturated rings. The normalized spacial score (nSPS) is 13.2. The summed E-state index contributed by atoms with van der Waals surface area (Å²) in [7, 11) is -1.85. The summed E-state index contributed by atoms with van der Waals surface area (Å²) in [6, 6.07) is 17.1. The van der Waals surface area contributed by atoms with Crippen molar-refractivity contribution in [3.8, 4) is 0 Å². The molecule has 0 saturated heterocycles. The van der Waals surface area contributed by atoms with Crippen molar-refractivity contribution < 1.29 is 27.0 Å². The summed E-state index contributed by atoms with van der Waals surface area (Å²) >= 11 is 5.97. The van der Waals surface area contributed by atoms with Crippen LogP contribution < -0.4 is 11.1 Å². The van der Waals surface area contributed by atoms with Crippen LogP contribution in [0.4, 0.5) is 13.2 Å². The van der Waals surface area contributed by atoms with Gasteiger partial charge in [0.2, 0.25) is 5.91 Å². The monoisotopic (exact) mass is 579 g/mol. The molecule has 0 aromatic heterocycles. The van der Waals surface area contributed by atoms with E-state index in [4.69, 9.17) is 17.3 Å². The van der Waals surface area contributed by atoms with E-state index < -0.39 is 34.7 Å². The van der Waals surface area contributed by atoms with Gasteiger partial charge in [-0.05, 0) is 79.8 Å². The Labute approximate surface area is 232 Å². The van der Waals surface area contributed by atoms with Crippen LogP contribution in [0.15, 0.2) is 77.7 Å². The first-order valence-corrected chi connectivity index (χ1v) is 13.8. The van der Waals surface area contributed by atoms with Crippen molar-refractivity contribution >= 4 is 34.4 Å². The second-order valence-electron chi connectivity index (χ2n) is 8.80. The Bertz CT molecular complexity index is 1300. The molecule has 0 aliphatic carbocycles. The first-order valence-electron chi connectivity index (χ1n) is 12.3. The molecule has 2 atom stereocenters. The number of halogens is 4. The van der Waals surface area contributed by atoms with Gasteiger partial charge in [0.15, 0.2) is 0 Å². The van der Waals surface area contributed by atoms with E-state index in [0.717, 1.165) is 6.07 Å². The third-order valence-electron chi connectivity index (χ3n) is 6.04. The van der Waals surface area contributed by atoms with E-state index in [0.29, 0.717) is 27.6 Å². The average Bonchev–Trinajstić information content (AvgIpc) is 2.90. The molecule has 208 valence electrons. The molecular weight excluding hydrogens is 551 g/mol. The minimum absolute atomic E-state index is 0.0393. The lowest BCUT2D eigenvalue weighted by Gasteiger charge is -2.28. The highest BCUT2D eigenvalue weighted by atomic mass is 35.5. The number of nitrogens with two attached hydrogens (primary N) is 1. The zero-order valence-electron chi connectivity index (χ0n) is 21.2. The Kier molecular flexibility index (Phi) is 10.7. The Balaban J connectivity index is 1.86. The lowest BCUT2D eigenvalue weighted by atomic mass is 9.99. The number of alkyl halides is 3. The van der Waals surface area contributed by atoms with Crippen LogP contribution in [0.25, 0.3) is 0 Å². The van der Waals surface area contributed by atoms with Gasteiger partial charge in [0.25, 0.3) is 5.91 Å². The number of nitrogens with zero attached hydrogens (tertiary/aromatic N) is 1. The van der Waals surface area contributed by atoms with Crippen LogP contribution in [-0.2, 0) is 34.9 Å². The van der Waals surface area contributed by atoms with Gasteiger partial charge in [0.1, 0.15) is 17.0 Å². The Morgan fingerprint density at radius 2 is 1.67 bits per heavy atom. The molecule has 0 heterocycles. The highest BCUT2D eigenvalue weighted by Gasteiger charge is 2.33. The minimum atomic E-state index is -4.50. The van der Waals surface area contributed by atoms with E-state index >= 15 is 0 Å². The van der Waals surface area contributed by atoms with E-state index in [9.17, 15) is 27.0 Å². The SMILES string of the molecule is CCNC(=O)c1ccc(CN(C(CCCc2ccccc2C(F)(F)F)C(N)=O)S(=O)c2ccc(Cl)cc2)cc1. The molecule has 6 nitrogen and oxygen atoms in total. The van der Waals surface area contributed by atoms with Gasteiger partial charge in [0.05, 0.1) is 10.5 Å². The maximum absolute atomic E-state index is 13.7. The number of amides is 2. The van der Waals surface area contributed by atoms with Crippen molar-refractivity contribution in [2.45, 2.75) is 49.8 Å². The molecule has 0 aliphatic heterocycles. The van der Waals surface area contributed by atoms with E-state index in [1.807, 2.05) is 6.92 Å². The maximum Gasteiger partial charge on any atom is 0.416 e. The molecule has 2 unspecified atom stereocenters. The molecule has 3 rings (SSSR count). The predicted molar refractivity (Wildman–Crippen MR) is 145 cm³/mol. The maximum atomic E-state index is 13.7. The fourth-order valence-corrected chi connectivity index (χ4v) is 5.58. The van der Waals surface area contributed by atoms with E-state index in [2.05, 4.69) is 5.32 Å². The molecule has 0 radical (unpaired) electrons. The lowest BCUT2D eigenvalue weighted by Crippen LogP contribution is -2.45. The Hall–Kier alpha value is -3.21. The van der Waals surface area contributed by atoms with Crippen molar-refractivity contribution in [1.29, 1.82) is 0 Å². The number of carbonyl (C=O) groups is 2. The molecule has 0 spiro atoms. The van der Waals surface area contributed by atoms with Crippen molar-refractivity contribution in [2.75, 3.05) is 6.54 Å². The van der Waals surface area contributed by atoms with Gasteiger partial charge in [-0.15, -0.1) is 0 Å². The second kappa shape index (κ2) is 13.7. The number of carbonyl (C=O) groups excluding carboxylic acids is 2. The van der Waals surface area contributed by atoms with Crippen LogP contribution in [0.3, 0.4) is 0 Å². The van der Waals surface area contributed by atoms with Gasteiger partial charge < -0.3 is 11.1 Å². The molecule has 3 N–H and O–H groups in total. The van der Waals surface area contributed by atoms with Gasteiger partial charge >= 0.3 is 6.18 Å². The number of primary amides is 1. The predicted octanol–water partition coefficient (Wildman–Crippen LogP) is 5.51. The molecule has 0 saturated carbocycles. The van der Waals surface area contributed by atoms with Crippen molar-refractivity contribution in [2.24, 2.45) is 5.73 Å². The van der Waals surface area contributed by atoms with Crippen LogP contribution in [0.1, 0.15) is 46.8 Å². The van der Waals surface area contributed by atoms with Crippen molar-refractivity contribution in [3.05, 3.63) is 100 Å². The third-order valence-corrected chi connectivity index (χ3v) is 7.78. The summed E-state index contributed by atoms with van der Waals surface area (Å²) in [4.78, 5) is 25.1. The van der Waals surface area contributed by atoms with Crippen molar-refractivity contribution in [3.63, 3.8) is 0 Å². The van der Waals surface area contributed by atoms with Gasteiger partial charge in [-0.1, -0.05) is 41.9 Å². The zero-order chi connectivity index (χ0) is 28.6. The fourth-order valence-electron chi connectivity index (χ4n) is 4.10. The van der Waals surface area contributed by atoms with E-state index in [1.54, 1.807) is 48.5 Å². The summed E-state index contributed by atoms with van der Waals surface area (Å²) in [5.74, 6) is -0.986. The summed E-state index contributed by atoms with van der Waals surface area (Å²) in [6.45, 7) is 2.32. The molecule has 0 bridgehead atoms.